The van der Waals surface area contributed by atoms with Gasteiger partial charge in [-0.1, -0.05) is 13.0 Å². The lowest BCUT2D eigenvalue weighted by molar-refractivity contribution is 0.208. The smallest absolute Gasteiger partial charge is 0.241 e. The predicted molar refractivity (Wildman–Crippen MR) is 96.6 cm³/mol. The van der Waals surface area contributed by atoms with E-state index in [0.717, 1.165) is 50.0 Å². The Hall–Kier alpha value is -1.50. The Morgan fingerprint density at radius 2 is 2.00 bits per heavy atom. The van der Waals surface area contributed by atoms with Gasteiger partial charge in [0.05, 0.1) is 10.4 Å². The van der Waals surface area contributed by atoms with Crippen LogP contribution in [0, 0.1) is 6.92 Å². The number of hydrogen-bond donors (Lipinski definition) is 1. The lowest BCUT2D eigenvalue weighted by Crippen LogP contribution is -2.44. The van der Waals surface area contributed by atoms with E-state index in [2.05, 4.69) is 21.5 Å². The van der Waals surface area contributed by atoms with E-state index in [9.17, 15) is 8.42 Å². The molecule has 0 aliphatic carbocycles. The van der Waals surface area contributed by atoms with Crippen LogP contribution in [0.15, 0.2) is 35.4 Å². The van der Waals surface area contributed by atoms with Crippen LogP contribution in [0.5, 0.6) is 0 Å². The average Bonchev–Trinajstić information content (AvgIpc) is 2.57. The van der Waals surface area contributed by atoms with Crippen LogP contribution in [0.4, 0.5) is 0 Å². The molecular formula is C18H25N3O2S. The highest BCUT2D eigenvalue weighted by Crippen LogP contribution is 2.25. The minimum absolute atomic E-state index is 0.0103. The van der Waals surface area contributed by atoms with Crippen LogP contribution in [0.25, 0.3) is 10.9 Å². The molecule has 1 aromatic heterocycles. The summed E-state index contributed by atoms with van der Waals surface area (Å²) in [5, 5.41) is 0.688. The van der Waals surface area contributed by atoms with Crippen molar-refractivity contribution in [2.75, 3.05) is 19.6 Å². The lowest BCUT2D eigenvalue weighted by atomic mass is 10.1. The number of fused-ring (bicyclic) bond motifs is 1. The molecular weight excluding hydrogens is 322 g/mol. The average molecular weight is 347 g/mol. The van der Waals surface area contributed by atoms with Crippen molar-refractivity contribution in [3.8, 4) is 0 Å². The third kappa shape index (κ3) is 3.61. The molecule has 1 saturated heterocycles. The fourth-order valence-electron chi connectivity index (χ4n) is 3.40. The molecule has 1 aliphatic heterocycles. The van der Waals surface area contributed by atoms with Gasteiger partial charge in [0.25, 0.3) is 0 Å². The normalized spacial score (nSPS) is 17.4. The minimum Gasteiger partial charge on any atom is -0.303 e. The first-order chi connectivity index (χ1) is 11.5. The number of likely N-dealkylation sites (tertiary alicyclic amines) is 1. The summed E-state index contributed by atoms with van der Waals surface area (Å²) in [6, 6.07) is 7.13. The number of benzene rings is 1. The van der Waals surface area contributed by atoms with Crippen molar-refractivity contribution < 1.29 is 8.42 Å². The number of aromatic nitrogens is 1. The summed E-state index contributed by atoms with van der Waals surface area (Å²) < 4.78 is 28.7. The molecule has 0 atom stereocenters. The standard InChI is InChI=1S/C18H25N3O2S/c1-3-11-21-12-8-15(9-13-21)20-24(22,23)17-7-6-14(2)18-16(17)5-4-10-19-18/h4-7,10,15,20H,3,8-9,11-13H2,1-2H3. The van der Waals surface area contributed by atoms with Gasteiger partial charge in [-0.15, -0.1) is 0 Å². The van der Waals surface area contributed by atoms with E-state index in [0.29, 0.717) is 10.3 Å². The molecule has 6 heteroatoms. The van der Waals surface area contributed by atoms with Gasteiger partial charge in [-0.05, 0) is 69.6 Å². The Bertz CT molecular complexity index is 812. The molecule has 0 bridgehead atoms. The van der Waals surface area contributed by atoms with Gasteiger partial charge in [0.2, 0.25) is 10.0 Å². The molecule has 1 aliphatic rings. The van der Waals surface area contributed by atoms with E-state index in [1.54, 1.807) is 18.3 Å². The van der Waals surface area contributed by atoms with E-state index in [-0.39, 0.29) is 6.04 Å². The van der Waals surface area contributed by atoms with Crippen LogP contribution < -0.4 is 4.72 Å². The third-order valence-corrected chi connectivity index (χ3v) is 6.25. The number of piperidine rings is 1. The second kappa shape index (κ2) is 7.17. The first-order valence-corrected chi connectivity index (χ1v) is 10.1. The Kier molecular flexibility index (Phi) is 5.18. The van der Waals surface area contributed by atoms with Crippen LogP contribution in [0.2, 0.25) is 0 Å². The first-order valence-electron chi connectivity index (χ1n) is 8.60. The number of hydrogen-bond acceptors (Lipinski definition) is 4. The van der Waals surface area contributed by atoms with E-state index in [1.165, 1.54) is 0 Å². The molecule has 5 nitrogen and oxygen atoms in total. The summed E-state index contributed by atoms with van der Waals surface area (Å²) in [6.07, 6.45) is 4.56. The summed E-state index contributed by atoms with van der Waals surface area (Å²) in [7, 11) is -3.54. The summed E-state index contributed by atoms with van der Waals surface area (Å²) in [5.74, 6) is 0. The maximum Gasteiger partial charge on any atom is 0.241 e. The molecule has 0 saturated carbocycles. The van der Waals surface area contributed by atoms with Crippen molar-refractivity contribution in [3.63, 3.8) is 0 Å². The number of pyridine rings is 1. The number of nitrogens with zero attached hydrogens (tertiary/aromatic N) is 2. The van der Waals surface area contributed by atoms with Crippen LogP contribution in [0.1, 0.15) is 31.7 Å². The third-order valence-electron chi connectivity index (χ3n) is 4.67. The molecule has 0 amide bonds. The number of sulfonamides is 1. The van der Waals surface area contributed by atoms with Crippen molar-refractivity contribution in [1.29, 1.82) is 0 Å². The summed E-state index contributed by atoms with van der Waals surface area (Å²) in [5.41, 5.74) is 1.73. The van der Waals surface area contributed by atoms with Gasteiger partial charge in [-0.3, -0.25) is 4.98 Å². The van der Waals surface area contributed by atoms with Gasteiger partial charge in [-0.25, -0.2) is 13.1 Å². The van der Waals surface area contributed by atoms with Crippen molar-refractivity contribution >= 4 is 20.9 Å². The van der Waals surface area contributed by atoms with Crippen molar-refractivity contribution in [3.05, 3.63) is 36.0 Å². The summed E-state index contributed by atoms with van der Waals surface area (Å²) >= 11 is 0. The SMILES string of the molecule is CCCN1CCC(NS(=O)(=O)c2ccc(C)c3ncccc23)CC1. The fourth-order valence-corrected chi connectivity index (χ4v) is 4.90. The molecule has 3 rings (SSSR count). The van der Waals surface area contributed by atoms with Crippen LogP contribution in [-0.4, -0.2) is 44.0 Å². The predicted octanol–water partition coefficient (Wildman–Crippen LogP) is 2.70. The van der Waals surface area contributed by atoms with Crippen molar-refractivity contribution in [1.82, 2.24) is 14.6 Å². The van der Waals surface area contributed by atoms with Gasteiger partial charge >= 0.3 is 0 Å². The topological polar surface area (TPSA) is 62.3 Å². The zero-order chi connectivity index (χ0) is 17.2. The van der Waals surface area contributed by atoms with Gasteiger partial charge in [-0.2, -0.15) is 0 Å². The largest absolute Gasteiger partial charge is 0.303 e. The Labute approximate surface area is 144 Å². The number of rotatable bonds is 5. The maximum absolute atomic E-state index is 12.9. The molecule has 0 spiro atoms. The first kappa shape index (κ1) is 17.3. The Balaban J connectivity index is 1.81. The second-order valence-corrected chi connectivity index (χ2v) is 8.20. The number of nitrogens with one attached hydrogen (secondary N) is 1. The quantitative estimate of drug-likeness (QED) is 0.903. The zero-order valence-electron chi connectivity index (χ0n) is 14.3. The molecule has 2 heterocycles. The van der Waals surface area contributed by atoms with Gasteiger partial charge in [0.1, 0.15) is 0 Å². The fraction of sp³-hybridized carbons (Fsp3) is 0.500. The molecule has 1 N–H and O–H groups in total. The zero-order valence-corrected chi connectivity index (χ0v) is 15.1. The molecule has 2 aromatic rings. The van der Waals surface area contributed by atoms with E-state index < -0.39 is 10.0 Å². The van der Waals surface area contributed by atoms with Gasteiger partial charge in [0, 0.05) is 17.6 Å². The molecule has 0 radical (unpaired) electrons. The summed E-state index contributed by atoms with van der Waals surface area (Å²) in [4.78, 5) is 7.06. The minimum atomic E-state index is -3.54. The van der Waals surface area contributed by atoms with Crippen LogP contribution >= 0.6 is 0 Å². The maximum atomic E-state index is 12.9. The highest BCUT2D eigenvalue weighted by molar-refractivity contribution is 7.89. The highest BCUT2D eigenvalue weighted by atomic mass is 32.2. The molecule has 1 aromatic carbocycles. The monoisotopic (exact) mass is 347 g/mol. The molecule has 24 heavy (non-hydrogen) atoms. The van der Waals surface area contributed by atoms with Gasteiger partial charge in [0.15, 0.2) is 0 Å². The van der Waals surface area contributed by atoms with Crippen LogP contribution in [0.3, 0.4) is 0 Å². The second-order valence-electron chi connectivity index (χ2n) is 6.52. The molecule has 1 fully saturated rings. The Morgan fingerprint density at radius 1 is 1.25 bits per heavy atom. The van der Waals surface area contributed by atoms with Crippen LogP contribution in [-0.2, 0) is 10.0 Å². The van der Waals surface area contributed by atoms with Crippen molar-refractivity contribution in [2.45, 2.75) is 44.0 Å². The highest BCUT2D eigenvalue weighted by Gasteiger charge is 2.25. The van der Waals surface area contributed by atoms with Gasteiger partial charge < -0.3 is 4.90 Å². The molecule has 130 valence electrons. The van der Waals surface area contributed by atoms with E-state index in [1.807, 2.05) is 19.1 Å². The Morgan fingerprint density at radius 3 is 2.71 bits per heavy atom. The summed E-state index contributed by atoms with van der Waals surface area (Å²) in [6.45, 7) is 7.12. The van der Waals surface area contributed by atoms with Crippen molar-refractivity contribution in [2.24, 2.45) is 0 Å². The number of aryl methyl sites for hydroxylation is 1. The van der Waals surface area contributed by atoms with E-state index in [4.69, 9.17) is 0 Å². The van der Waals surface area contributed by atoms with E-state index >= 15 is 0 Å². The molecule has 0 unspecified atom stereocenters. The lowest BCUT2D eigenvalue weighted by Gasteiger charge is -2.32.